The molecular formula is C14H20BrN3. The van der Waals surface area contributed by atoms with Crippen LogP contribution in [0.15, 0.2) is 6.33 Å². The Balaban J connectivity index is 1.74. The van der Waals surface area contributed by atoms with Crippen molar-refractivity contribution in [2.45, 2.75) is 43.4 Å². The summed E-state index contributed by atoms with van der Waals surface area (Å²) >= 11 is 3.66. The number of nitrogens with zero attached hydrogens (tertiary/aromatic N) is 3. The van der Waals surface area contributed by atoms with Gasteiger partial charge in [0.2, 0.25) is 0 Å². The molecule has 1 aromatic rings. The number of hydrogen-bond donors (Lipinski definition) is 0. The Labute approximate surface area is 117 Å². The van der Waals surface area contributed by atoms with Crippen LogP contribution in [0.25, 0.3) is 0 Å². The number of alkyl halides is 1. The molecule has 3 rings (SSSR count). The number of anilines is 1. The molecule has 18 heavy (non-hydrogen) atoms. The quantitative estimate of drug-likeness (QED) is 0.804. The lowest BCUT2D eigenvalue weighted by Gasteiger charge is -2.35. The number of fused-ring (bicyclic) bond motifs is 1. The molecule has 0 unspecified atom stereocenters. The molecule has 0 spiro atoms. The average Bonchev–Trinajstić information content (AvgIpc) is 2.36. The second-order valence-electron chi connectivity index (χ2n) is 5.64. The number of aryl methyl sites for hydroxylation is 1. The fraction of sp³-hybridized carbons (Fsp3) is 0.714. The summed E-state index contributed by atoms with van der Waals surface area (Å²) in [6.45, 7) is 1.13. The Morgan fingerprint density at radius 2 is 2.06 bits per heavy atom. The van der Waals surface area contributed by atoms with Crippen LogP contribution in [0.5, 0.6) is 0 Å². The van der Waals surface area contributed by atoms with Crippen molar-refractivity contribution in [3.8, 4) is 0 Å². The second-order valence-corrected chi connectivity index (χ2v) is 6.94. The van der Waals surface area contributed by atoms with E-state index in [1.54, 1.807) is 6.33 Å². The van der Waals surface area contributed by atoms with E-state index < -0.39 is 0 Å². The van der Waals surface area contributed by atoms with E-state index in [1.165, 1.54) is 42.8 Å². The molecule has 0 atom stereocenters. The van der Waals surface area contributed by atoms with E-state index in [0.29, 0.717) is 0 Å². The molecule has 2 aliphatic rings. The highest BCUT2D eigenvalue weighted by molar-refractivity contribution is 9.09. The van der Waals surface area contributed by atoms with Crippen molar-refractivity contribution < 1.29 is 0 Å². The second kappa shape index (κ2) is 5.16. The molecule has 1 saturated carbocycles. The summed E-state index contributed by atoms with van der Waals surface area (Å²) in [5, 5.41) is 0. The zero-order chi connectivity index (χ0) is 12.5. The lowest BCUT2D eigenvalue weighted by Crippen LogP contribution is -2.35. The van der Waals surface area contributed by atoms with Gasteiger partial charge >= 0.3 is 0 Å². The Hall–Kier alpha value is -0.640. The molecule has 0 saturated heterocycles. The van der Waals surface area contributed by atoms with Gasteiger partial charge in [0.05, 0.1) is 0 Å². The van der Waals surface area contributed by atoms with E-state index in [-0.39, 0.29) is 0 Å². The summed E-state index contributed by atoms with van der Waals surface area (Å²) in [5.41, 5.74) is 2.69. The van der Waals surface area contributed by atoms with E-state index in [9.17, 15) is 0 Å². The summed E-state index contributed by atoms with van der Waals surface area (Å²) in [6, 6.07) is 0. The van der Waals surface area contributed by atoms with E-state index >= 15 is 0 Å². The minimum Gasteiger partial charge on any atom is -0.359 e. The van der Waals surface area contributed by atoms with Crippen molar-refractivity contribution in [2.75, 3.05) is 18.5 Å². The predicted octanol–water partition coefficient (Wildman–Crippen LogP) is 2.97. The molecule has 2 aliphatic carbocycles. The van der Waals surface area contributed by atoms with Crippen molar-refractivity contribution in [1.29, 1.82) is 0 Å². The molecule has 4 heteroatoms. The van der Waals surface area contributed by atoms with Crippen LogP contribution in [0.4, 0.5) is 5.82 Å². The molecule has 3 nitrogen and oxygen atoms in total. The van der Waals surface area contributed by atoms with Gasteiger partial charge in [0.25, 0.3) is 0 Å². The van der Waals surface area contributed by atoms with Crippen LogP contribution in [-0.4, -0.2) is 28.4 Å². The molecule has 0 bridgehead atoms. The summed E-state index contributed by atoms with van der Waals surface area (Å²) in [5.74, 6) is 2.01. The number of aromatic nitrogens is 2. The highest BCUT2D eigenvalue weighted by Crippen LogP contribution is 2.35. The molecule has 0 radical (unpaired) electrons. The van der Waals surface area contributed by atoms with Crippen LogP contribution in [0, 0.1) is 5.92 Å². The summed E-state index contributed by atoms with van der Waals surface area (Å²) in [7, 11) is 2.18. The molecule has 0 aromatic carbocycles. The molecule has 1 fully saturated rings. The van der Waals surface area contributed by atoms with Crippen LogP contribution in [0.3, 0.4) is 0 Å². The number of rotatable bonds is 3. The summed E-state index contributed by atoms with van der Waals surface area (Å²) in [4.78, 5) is 12.1. The zero-order valence-corrected chi connectivity index (χ0v) is 12.5. The molecular weight excluding hydrogens is 290 g/mol. The molecule has 0 amide bonds. The molecule has 1 heterocycles. The highest BCUT2D eigenvalue weighted by atomic mass is 79.9. The Morgan fingerprint density at radius 1 is 1.28 bits per heavy atom. The lowest BCUT2D eigenvalue weighted by molar-refractivity contribution is 0.338. The first kappa shape index (κ1) is 12.4. The monoisotopic (exact) mass is 309 g/mol. The van der Waals surface area contributed by atoms with E-state index in [0.717, 1.165) is 30.1 Å². The maximum Gasteiger partial charge on any atom is 0.135 e. The first-order valence-electron chi connectivity index (χ1n) is 6.92. The number of hydrogen-bond acceptors (Lipinski definition) is 3. The average molecular weight is 310 g/mol. The van der Waals surface area contributed by atoms with Crippen LogP contribution in [0.2, 0.25) is 0 Å². The van der Waals surface area contributed by atoms with Gasteiger partial charge in [-0.1, -0.05) is 15.9 Å². The van der Waals surface area contributed by atoms with Crippen molar-refractivity contribution in [2.24, 2.45) is 5.92 Å². The van der Waals surface area contributed by atoms with Crippen molar-refractivity contribution in [3.05, 3.63) is 17.6 Å². The fourth-order valence-corrected chi connectivity index (χ4v) is 4.17. The van der Waals surface area contributed by atoms with Crippen LogP contribution in [-0.2, 0) is 12.8 Å². The maximum absolute atomic E-state index is 4.53. The van der Waals surface area contributed by atoms with Crippen LogP contribution >= 0.6 is 15.9 Å². The van der Waals surface area contributed by atoms with Gasteiger partial charge in [-0.05, 0) is 44.4 Å². The third-order valence-corrected chi connectivity index (χ3v) is 4.92. The van der Waals surface area contributed by atoms with Gasteiger partial charge in [-0.3, -0.25) is 0 Å². The SMILES string of the molecule is CN(CC1CC(Br)C1)c1ncnc2c1CCCC2. The van der Waals surface area contributed by atoms with Gasteiger partial charge in [0, 0.05) is 29.7 Å². The van der Waals surface area contributed by atoms with Gasteiger partial charge in [-0.25, -0.2) is 9.97 Å². The van der Waals surface area contributed by atoms with Crippen LogP contribution < -0.4 is 4.90 Å². The normalized spacial score (nSPS) is 26.3. The standard InChI is InChI=1S/C14H20BrN3/c1-18(8-10-6-11(15)7-10)14-12-4-2-3-5-13(12)16-9-17-14/h9-11H,2-8H2,1H3. The zero-order valence-electron chi connectivity index (χ0n) is 10.9. The lowest BCUT2D eigenvalue weighted by atomic mass is 9.85. The molecule has 1 aromatic heterocycles. The smallest absolute Gasteiger partial charge is 0.135 e. The molecule has 0 aliphatic heterocycles. The third kappa shape index (κ3) is 2.40. The summed E-state index contributed by atoms with van der Waals surface area (Å²) < 4.78 is 0. The predicted molar refractivity (Wildman–Crippen MR) is 77.4 cm³/mol. The maximum atomic E-state index is 4.53. The van der Waals surface area contributed by atoms with E-state index in [2.05, 4.69) is 37.8 Å². The highest BCUT2D eigenvalue weighted by Gasteiger charge is 2.28. The molecule has 98 valence electrons. The van der Waals surface area contributed by atoms with Crippen LogP contribution in [0.1, 0.15) is 36.9 Å². The third-order valence-electron chi connectivity index (χ3n) is 4.17. The van der Waals surface area contributed by atoms with Crippen molar-refractivity contribution >= 4 is 21.7 Å². The largest absolute Gasteiger partial charge is 0.359 e. The van der Waals surface area contributed by atoms with E-state index in [1.807, 2.05) is 0 Å². The van der Waals surface area contributed by atoms with E-state index in [4.69, 9.17) is 0 Å². The van der Waals surface area contributed by atoms with Gasteiger partial charge < -0.3 is 4.90 Å². The summed E-state index contributed by atoms with van der Waals surface area (Å²) in [6.07, 6.45) is 9.20. The van der Waals surface area contributed by atoms with Gasteiger partial charge in [-0.2, -0.15) is 0 Å². The first-order chi connectivity index (χ1) is 8.74. The van der Waals surface area contributed by atoms with Crippen molar-refractivity contribution in [1.82, 2.24) is 9.97 Å². The molecule has 0 N–H and O–H groups in total. The first-order valence-corrected chi connectivity index (χ1v) is 7.83. The Morgan fingerprint density at radius 3 is 2.83 bits per heavy atom. The van der Waals surface area contributed by atoms with Gasteiger partial charge in [-0.15, -0.1) is 0 Å². The Bertz CT molecular complexity index is 429. The van der Waals surface area contributed by atoms with Gasteiger partial charge in [0.1, 0.15) is 12.1 Å². The topological polar surface area (TPSA) is 29.0 Å². The fourth-order valence-electron chi connectivity index (χ4n) is 3.11. The minimum absolute atomic E-state index is 0.746. The minimum atomic E-state index is 0.746. The number of halogens is 1. The van der Waals surface area contributed by atoms with Crippen molar-refractivity contribution in [3.63, 3.8) is 0 Å². The van der Waals surface area contributed by atoms with Gasteiger partial charge in [0.15, 0.2) is 0 Å². The Kier molecular flexibility index (Phi) is 3.55.